The van der Waals surface area contributed by atoms with Gasteiger partial charge < -0.3 is 11.1 Å². The Balaban J connectivity index is 2.27. The van der Waals surface area contributed by atoms with E-state index in [-0.39, 0.29) is 16.1 Å². The van der Waals surface area contributed by atoms with Crippen LogP contribution in [0.1, 0.15) is 28.9 Å². The third-order valence-electron chi connectivity index (χ3n) is 3.06. The van der Waals surface area contributed by atoms with Gasteiger partial charge in [-0.1, -0.05) is 23.7 Å². The van der Waals surface area contributed by atoms with Crippen molar-refractivity contribution in [1.29, 1.82) is 0 Å². The van der Waals surface area contributed by atoms with E-state index in [0.29, 0.717) is 5.69 Å². The minimum absolute atomic E-state index is 0.161. The molecule has 110 valence electrons. The largest absolute Gasteiger partial charge is 0.378 e. The molecule has 0 spiro atoms. The van der Waals surface area contributed by atoms with Crippen molar-refractivity contribution in [2.24, 2.45) is 5.73 Å². The zero-order valence-corrected chi connectivity index (χ0v) is 11.9. The zero-order valence-electron chi connectivity index (χ0n) is 11.2. The van der Waals surface area contributed by atoms with Crippen LogP contribution in [0.2, 0.25) is 5.02 Å². The molecule has 0 aromatic heterocycles. The van der Waals surface area contributed by atoms with Gasteiger partial charge in [0.25, 0.3) is 0 Å². The van der Waals surface area contributed by atoms with Crippen LogP contribution >= 0.6 is 11.6 Å². The first-order valence-electron chi connectivity index (χ1n) is 6.20. The highest BCUT2D eigenvalue weighted by Gasteiger charge is 2.15. The molecule has 6 heteroatoms. The summed E-state index contributed by atoms with van der Waals surface area (Å²) in [5.74, 6) is -2.47. The van der Waals surface area contributed by atoms with E-state index in [1.54, 1.807) is 13.0 Å². The highest BCUT2D eigenvalue weighted by Crippen LogP contribution is 2.26. The van der Waals surface area contributed by atoms with Gasteiger partial charge in [0.2, 0.25) is 5.91 Å². The molecule has 2 aromatic rings. The Hall–Kier alpha value is -2.14. The van der Waals surface area contributed by atoms with Crippen molar-refractivity contribution in [3.8, 4) is 0 Å². The molecule has 3 nitrogen and oxygen atoms in total. The number of carbonyl (C=O) groups is 1. The minimum Gasteiger partial charge on any atom is -0.378 e. The average molecular weight is 311 g/mol. The molecule has 1 unspecified atom stereocenters. The molecule has 1 atom stereocenters. The van der Waals surface area contributed by atoms with Crippen molar-refractivity contribution in [1.82, 2.24) is 0 Å². The topological polar surface area (TPSA) is 55.1 Å². The maximum atomic E-state index is 13.7. The predicted molar refractivity (Wildman–Crippen MR) is 78.4 cm³/mol. The molecule has 0 bridgehead atoms. The molecular weight excluding hydrogens is 298 g/mol. The summed E-state index contributed by atoms with van der Waals surface area (Å²) < 4.78 is 26.9. The Morgan fingerprint density at radius 3 is 2.67 bits per heavy atom. The number of nitrogens with two attached hydrogens (primary N) is 1. The number of amides is 1. The molecule has 0 saturated heterocycles. The van der Waals surface area contributed by atoms with Crippen molar-refractivity contribution < 1.29 is 13.6 Å². The van der Waals surface area contributed by atoms with Crippen LogP contribution in [0.4, 0.5) is 14.5 Å². The van der Waals surface area contributed by atoms with Gasteiger partial charge in [0.15, 0.2) is 11.6 Å². The summed E-state index contributed by atoms with van der Waals surface area (Å²) >= 11 is 5.85. The SMILES string of the molecule is CC(Nc1ccc(Cl)c(C(N)=O)c1)c1cccc(F)c1F. The summed E-state index contributed by atoms with van der Waals surface area (Å²) in [5.41, 5.74) is 6.09. The number of benzene rings is 2. The van der Waals surface area contributed by atoms with E-state index in [0.717, 1.165) is 6.07 Å². The summed E-state index contributed by atoms with van der Waals surface area (Å²) in [6.07, 6.45) is 0. The first-order chi connectivity index (χ1) is 9.90. The molecule has 2 aromatic carbocycles. The predicted octanol–water partition coefficient (Wildman–Crippen LogP) is 3.89. The van der Waals surface area contributed by atoms with Gasteiger partial charge >= 0.3 is 0 Å². The van der Waals surface area contributed by atoms with Crippen molar-refractivity contribution >= 4 is 23.2 Å². The van der Waals surface area contributed by atoms with Crippen LogP contribution in [0, 0.1) is 11.6 Å². The van der Waals surface area contributed by atoms with Gasteiger partial charge in [-0.2, -0.15) is 0 Å². The lowest BCUT2D eigenvalue weighted by Crippen LogP contribution is -2.13. The van der Waals surface area contributed by atoms with Crippen molar-refractivity contribution in [3.05, 3.63) is 64.2 Å². The summed E-state index contributed by atoms with van der Waals surface area (Å²) in [6, 6.07) is 8.09. The lowest BCUT2D eigenvalue weighted by atomic mass is 10.1. The van der Waals surface area contributed by atoms with E-state index in [1.165, 1.54) is 24.3 Å². The third kappa shape index (κ3) is 3.31. The Labute approximate surface area is 125 Å². The smallest absolute Gasteiger partial charge is 0.250 e. The normalized spacial score (nSPS) is 12.0. The molecule has 0 heterocycles. The summed E-state index contributed by atoms with van der Waals surface area (Å²) in [6.45, 7) is 1.68. The molecule has 0 aliphatic rings. The van der Waals surface area contributed by atoms with E-state index < -0.39 is 23.6 Å². The fourth-order valence-corrected chi connectivity index (χ4v) is 2.20. The lowest BCUT2D eigenvalue weighted by Gasteiger charge is -2.17. The highest BCUT2D eigenvalue weighted by molar-refractivity contribution is 6.33. The second-order valence-corrected chi connectivity index (χ2v) is 4.98. The molecule has 0 aliphatic heterocycles. The number of rotatable bonds is 4. The lowest BCUT2D eigenvalue weighted by molar-refractivity contribution is 0.100. The van der Waals surface area contributed by atoms with Gasteiger partial charge in [-0.15, -0.1) is 0 Å². The van der Waals surface area contributed by atoms with Crippen LogP contribution in [0.15, 0.2) is 36.4 Å². The molecule has 0 saturated carbocycles. The standard InChI is InChI=1S/C15H13ClF2N2O/c1-8(10-3-2-4-13(17)14(10)18)20-9-5-6-12(16)11(7-9)15(19)21/h2-8,20H,1H3,(H2,19,21). The Morgan fingerprint density at radius 2 is 2.00 bits per heavy atom. The summed E-state index contributed by atoms with van der Waals surface area (Å²) in [4.78, 5) is 11.2. The van der Waals surface area contributed by atoms with E-state index in [9.17, 15) is 13.6 Å². The quantitative estimate of drug-likeness (QED) is 0.900. The molecule has 1 amide bonds. The molecule has 0 aliphatic carbocycles. The first kappa shape index (κ1) is 15.3. The fourth-order valence-electron chi connectivity index (χ4n) is 1.99. The third-order valence-corrected chi connectivity index (χ3v) is 3.39. The van der Waals surface area contributed by atoms with Gasteiger partial charge in [0.05, 0.1) is 16.6 Å². The maximum Gasteiger partial charge on any atom is 0.250 e. The molecule has 0 fully saturated rings. The Kier molecular flexibility index (Phi) is 4.43. The van der Waals surface area contributed by atoms with Crippen LogP contribution in [0.5, 0.6) is 0 Å². The highest BCUT2D eigenvalue weighted by atomic mass is 35.5. The monoisotopic (exact) mass is 310 g/mol. The van der Waals surface area contributed by atoms with Crippen molar-refractivity contribution in [3.63, 3.8) is 0 Å². The average Bonchev–Trinajstić information content (AvgIpc) is 2.43. The van der Waals surface area contributed by atoms with Gasteiger partial charge in [-0.3, -0.25) is 4.79 Å². The van der Waals surface area contributed by atoms with Crippen molar-refractivity contribution in [2.75, 3.05) is 5.32 Å². The second-order valence-electron chi connectivity index (χ2n) is 4.57. The number of nitrogens with one attached hydrogen (secondary N) is 1. The van der Waals surface area contributed by atoms with Crippen LogP contribution in [-0.4, -0.2) is 5.91 Å². The van der Waals surface area contributed by atoms with Crippen LogP contribution in [0.3, 0.4) is 0 Å². The van der Waals surface area contributed by atoms with Crippen LogP contribution in [-0.2, 0) is 0 Å². The van der Waals surface area contributed by atoms with Crippen LogP contribution in [0.25, 0.3) is 0 Å². The molecule has 21 heavy (non-hydrogen) atoms. The van der Waals surface area contributed by atoms with Gasteiger partial charge in [-0.25, -0.2) is 8.78 Å². The minimum atomic E-state index is -0.907. The zero-order chi connectivity index (χ0) is 15.6. The van der Waals surface area contributed by atoms with Gasteiger partial charge in [0.1, 0.15) is 0 Å². The van der Waals surface area contributed by atoms with E-state index in [2.05, 4.69) is 5.32 Å². The van der Waals surface area contributed by atoms with E-state index in [4.69, 9.17) is 17.3 Å². The second kappa shape index (κ2) is 6.10. The van der Waals surface area contributed by atoms with E-state index in [1.807, 2.05) is 0 Å². The van der Waals surface area contributed by atoms with Gasteiger partial charge in [0, 0.05) is 11.3 Å². The number of primary amides is 1. The Morgan fingerprint density at radius 1 is 1.29 bits per heavy atom. The maximum absolute atomic E-state index is 13.7. The number of hydrogen-bond donors (Lipinski definition) is 2. The number of carbonyl (C=O) groups excluding carboxylic acids is 1. The molecule has 3 N–H and O–H groups in total. The molecule has 2 rings (SSSR count). The van der Waals surface area contributed by atoms with E-state index >= 15 is 0 Å². The van der Waals surface area contributed by atoms with Gasteiger partial charge in [-0.05, 0) is 31.2 Å². The fraction of sp³-hybridized carbons (Fsp3) is 0.133. The number of anilines is 1. The molecule has 0 radical (unpaired) electrons. The number of halogens is 3. The molecular formula is C15H13ClF2N2O. The summed E-state index contributed by atoms with van der Waals surface area (Å²) in [5, 5.41) is 3.21. The van der Waals surface area contributed by atoms with Crippen molar-refractivity contribution in [2.45, 2.75) is 13.0 Å². The first-order valence-corrected chi connectivity index (χ1v) is 6.57. The number of hydrogen-bond acceptors (Lipinski definition) is 2. The van der Waals surface area contributed by atoms with Crippen LogP contribution < -0.4 is 11.1 Å². The Bertz CT molecular complexity index is 691. The summed E-state index contributed by atoms with van der Waals surface area (Å²) in [7, 11) is 0.